The Morgan fingerprint density at radius 3 is 2.70 bits per heavy atom. The van der Waals surface area contributed by atoms with Crippen molar-refractivity contribution >= 4 is 17.6 Å². The second kappa shape index (κ2) is 10.9. The molecular weight excluding hydrogens is 521 g/mol. The van der Waals surface area contributed by atoms with Crippen molar-refractivity contribution in [3.63, 3.8) is 0 Å². The molecule has 0 radical (unpaired) electrons. The summed E-state index contributed by atoms with van der Waals surface area (Å²) in [7, 11) is 0. The number of carboxylic acid groups (broad SMARTS) is 1. The summed E-state index contributed by atoms with van der Waals surface area (Å²) in [5.74, 6) is 0.331. The number of ether oxygens (including phenoxy) is 2. The van der Waals surface area contributed by atoms with Gasteiger partial charge in [-0.05, 0) is 24.6 Å². The number of halogens is 1. The van der Waals surface area contributed by atoms with Gasteiger partial charge in [-0.25, -0.2) is 9.18 Å². The largest absolute Gasteiger partial charge is 0.475 e. The number of anilines is 1. The molecule has 2 saturated heterocycles. The van der Waals surface area contributed by atoms with Gasteiger partial charge in [-0.3, -0.25) is 9.47 Å². The minimum Gasteiger partial charge on any atom is -0.475 e. The van der Waals surface area contributed by atoms with Crippen LogP contribution in [0.4, 0.5) is 10.2 Å². The maximum atomic E-state index is 14.2. The quantitative estimate of drug-likeness (QED) is 0.327. The van der Waals surface area contributed by atoms with Crippen LogP contribution in [-0.2, 0) is 24.4 Å². The molecule has 14 heteroatoms. The number of hydrogen-bond donors (Lipinski definition) is 1. The normalized spacial score (nSPS) is 17.5. The first-order chi connectivity index (χ1) is 19.5. The Balaban J connectivity index is 1.08. The molecule has 6 rings (SSSR count). The van der Waals surface area contributed by atoms with Crippen molar-refractivity contribution in [1.82, 2.24) is 34.3 Å². The van der Waals surface area contributed by atoms with Crippen LogP contribution in [-0.4, -0.2) is 84.2 Å². The molecule has 0 spiro atoms. The van der Waals surface area contributed by atoms with Crippen molar-refractivity contribution < 1.29 is 23.8 Å². The molecule has 0 saturated carbocycles. The van der Waals surface area contributed by atoms with Gasteiger partial charge in [-0.15, -0.1) is 14.8 Å². The average Bonchev–Trinajstić information content (AvgIpc) is 3.49. The van der Waals surface area contributed by atoms with Gasteiger partial charge in [-0.2, -0.15) is 15.2 Å². The van der Waals surface area contributed by atoms with Gasteiger partial charge in [0.15, 0.2) is 0 Å². The van der Waals surface area contributed by atoms with Crippen LogP contribution < -0.4 is 9.64 Å². The monoisotopic (exact) mass is 547 g/mol. The highest BCUT2D eigenvalue weighted by atomic mass is 19.1. The molecular formula is C26H26FN9O4. The molecule has 0 amide bonds. The number of piperazine rings is 1. The Bertz CT molecular complexity index is 1580. The van der Waals surface area contributed by atoms with E-state index in [0.29, 0.717) is 36.9 Å². The summed E-state index contributed by atoms with van der Waals surface area (Å²) in [6.07, 6.45) is 0.980. The minimum atomic E-state index is -1.20. The smallest absolute Gasteiger partial charge is 0.375 e. The zero-order valence-corrected chi connectivity index (χ0v) is 21.5. The molecule has 2 aliphatic heterocycles. The number of aromatic carboxylic acids is 1. The summed E-state index contributed by atoms with van der Waals surface area (Å²) in [5.41, 5.74) is 0.611. The zero-order chi connectivity index (χ0) is 27.6. The van der Waals surface area contributed by atoms with Gasteiger partial charge in [0, 0.05) is 44.4 Å². The lowest BCUT2D eigenvalue weighted by molar-refractivity contribution is -0.0593. The summed E-state index contributed by atoms with van der Waals surface area (Å²) in [6, 6.07) is 11.7. The standard InChI is InChI=1S/C26H26FN9O4/c27-20-12-17(13-28)4-5-18(20)16-40-23-3-1-2-21(29-23)34-9-7-33(8-10-34)15-22-31-36-26(30-24(32-36)25(37)38)35(22)14-19-6-11-39-19/h1-5,12,19H,6-11,14-16H2,(H,37,38). The highest BCUT2D eigenvalue weighted by Crippen LogP contribution is 2.21. The van der Waals surface area contributed by atoms with E-state index in [1.54, 1.807) is 18.2 Å². The number of carboxylic acids is 1. The fourth-order valence-electron chi connectivity index (χ4n) is 4.72. The fourth-order valence-corrected chi connectivity index (χ4v) is 4.72. The van der Waals surface area contributed by atoms with E-state index in [9.17, 15) is 14.3 Å². The second-order valence-corrected chi connectivity index (χ2v) is 9.64. The third kappa shape index (κ3) is 5.29. The van der Waals surface area contributed by atoms with E-state index in [1.165, 1.54) is 10.7 Å². The molecule has 206 valence electrons. The van der Waals surface area contributed by atoms with Gasteiger partial charge in [0.1, 0.15) is 24.1 Å². The Morgan fingerprint density at radius 1 is 1.18 bits per heavy atom. The Labute approximate surface area is 228 Å². The van der Waals surface area contributed by atoms with E-state index >= 15 is 0 Å². The van der Waals surface area contributed by atoms with E-state index in [2.05, 4.69) is 30.0 Å². The van der Waals surface area contributed by atoms with Crippen LogP contribution in [0.25, 0.3) is 5.78 Å². The summed E-state index contributed by atoms with van der Waals surface area (Å²) in [4.78, 5) is 24.5. The lowest BCUT2D eigenvalue weighted by Crippen LogP contribution is -2.46. The van der Waals surface area contributed by atoms with Crippen LogP contribution >= 0.6 is 0 Å². The van der Waals surface area contributed by atoms with Crippen LogP contribution in [0.2, 0.25) is 0 Å². The number of carbonyl (C=O) groups is 1. The summed E-state index contributed by atoms with van der Waals surface area (Å²) in [5, 5.41) is 26.7. The van der Waals surface area contributed by atoms with Gasteiger partial charge in [-0.1, -0.05) is 12.1 Å². The second-order valence-electron chi connectivity index (χ2n) is 9.64. The summed E-state index contributed by atoms with van der Waals surface area (Å²) >= 11 is 0. The van der Waals surface area contributed by atoms with Crippen molar-refractivity contribution in [1.29, 1.82) is 5.26 Å². The van der Waals surface area contributed by atoms with Crippen molar-refractivity contribution in [2.45, 2.75) is 32.2 Å². The van der Waals surface area contributed by atoms with E-state index in [-0.39, 0.29) is 24.1 Å². The molecule has 4 aromatic rings. The van der Waals surface area contributed by atoms with Crippen LogP contribution in [0.3, 0.4) is 0 Å². The highest BCUT2D eigenvalue weighted by Gasteiger charge is 2.27. The minimum absolute atomic E-state index is 0.00654. The van der Waals surface area contributed by atoms with E-state index in [0.717, 1.165) is 44.2 Å². The number of aromatic nitrogens is 6. The van der Waals surface area contributed by atoms with Crippen LogP contribution in [0.1, 0.15) is 34.0 Å². The molecule has 1 unspecified atom stereocenters. The molecule has 1 N–H and O–H groups in total. The molecule has 0 aliphatic carbocycles. The molecule has 40 heavy (non-hydrogen) atoms. The number of hydrogen-bond acceptors (Lipinski definition) is 10. The summed E-state index contributed by atoms with van der Waals surface area (Å²) < 4.78 is 28.7. The van der Waals surface area contributed by atoms with Gasteiger partial charge in [0.05, 0.1) is 30.8 Å². The predicted molar refractivity (Wildman–Crippen MR) is 137 cm³/mol. The Morgan fingerprint density at radius 2 is 2.00 bits per heavy atom. The van der Waals surface area contributed by atoms with E-state index in [4.69, 9.17) is 14.7 Å². The molecule has 3 aromatic heterocycles. The molecule has 2 fully saturated rings. The predicted octanol–water partition coefficient (Wildman–Crippen LogP) is 1.72. The maximum Gasteiger partial charge on any atom is 0.375 e. The number of benzene rings is 1. The lowest BCUT2D eigenvalue weighted by Gasteiger charge is -2.35. The first-order valence-electron chi connectivity index (χ1n) is 12.9. The topological polar surface area (TPSA) is 147 Å². The van der Waals surface area contributed by atoms with Crippen LogP contribution in [0, 0.1) is 17.1 Å². The van der Waals surface area contributed by atoms with Gasteiger partial charge in [0.25, 0.3) is 11.6 Å². The van der Waals surface area contributed by atoms with Crippen molar-refractivity contribution in [2.75, 3.05) is 37.7 Å². The lowest BCUT2D eigenvalue weighted by atomic mass is 10.1. The number of rotatable bonds is 9. The molecule has 5 heterocycles. The van der Waals surface area contributed by atoms with E-state index in [1.807, 2.05) is 22.8 Å². The fraction of sp³-hybridized carbons (Fsp3) is 0.385. The first-order valence-corrected chi connectivity index (χ1v) is 12.9. The number of fused-ring (bicyclic) bond motifs is 1. The highest BCUT2D eigenvalue weighted by molar-refractivity contribution is 5.83. The average molecular weight is 548 g/mol. The van der Waals surface area contributed by atoms with Gasteiger partial charge < -0.3 is 19.5 Å². The molecule has 1 aromatic carbocycles. The Kier molecular flexibility index (Phi) is 6.97. The van der Waals surface area contributed by atoms with Crippen LogP contribution in [0.15, 0.2) is 36.4 Å². The number of nitriles is 1. The third-order valence-electron chi connectivity index (χ3n) is 7.04. The molecule has 0 bridgehead atoms. The zero-order valence-electron chi connectivity index (χ0n) is 21.5. The molecule has 13 nitrogen and oxygen atoms in total. The molecule has 1 atom stereocenters. The van der Waals surface area contributed by atoms with Crippen molar-refractivity contribution in [3.8, 4) is 11.9 Å². The Hall–Kier alpha value is -4.61. The van der Waals surface area contributed by atoms with Gasteiger partial charge >= 0.3 is 5.97 Å². The van der Waals surface area contributed by atoms with Gasteiger partial charge in [0.2, 0.25) is 5.88 Å². The number of pyridine rings is 1. The SMILES string of the molecule is N#Cc1ccc(COc2cccc(N3CCN(Cc4nn5nc(C(=O)O)nc5n4CC4CCO4)CC3)n2)c(F)c1. The number of nitrogens with zero attached hydrogens (tertiary/aromatic N) is 9. The third-order valence-corrected chi connectivity index (χ3v) is 7.04. The molecule has 2 aliphatic rings. The van der Waals surface area contributed by atoms with Crippen molar-refractivity contribution in [2.24, 2.45) is 0 Å². The first kappa shape index (κ1) is 25.7. The maximum absolute atomic E-state index is 14.2. The van der Waals surface area contributed by atoms with Crippen LogP contribution in [0.5, 0.6) is 5.88 Å². The summed E-state index contributed by atoms with van der Waals surface area (Å²) in [6.45, 7) is 4.79. The van der Waals surface area contributed by atoms with E-state index < -0.39 is 11.8 Å². The van der Waals surface area contributed by atoms with Crippen molar-refractivity contribution in [3.05, 3.63) is 65.0 Å².